The van der Waals surface area contributed by atoms with Crippen molar-refractivity contribution >= 4 is 17.4 Å². The molecular weight excluding hydrogens is 434 g/mol. The highest BCUT2D eigenvalue weighted by atomic mass is 16.5. The first kappa shape index (κ1) is 23.9. The Labute approximate surface area is 199 Å². The number of rotatable bonds is 9. The van der Waals surface area contributed by atoms with Gasteiger partial charge in [-0.2, -0.15) is 0 Å². The maximum absolute atomic E-state index is 13.1. The Morgan fingerprint density at radius 2 is 1.79 bits per heavy atom. The Hall–Kier alpha value is -3.23. The molecule has 0 saturated carbocycles. The molecule has 8 nitrogen and oxygen atoms in total. The van der Waals surface area contributed by atoms with Crippen molar-refractivity contribution in [2.45, 2.75) is 25.8 Å². The summed E-state index contributed by atoms with van der Waals surface area (Å²) < 4.78 is 11.1. The van der Waals surface area contributed by atoms with E-state index in [0.717, 1.165) is 31.5 Å². The summed E-state index contributed by atoms with van der Waals surface area (Å²) in [5.41, 5.74) is 1.29. The summed E-state index contributed by atoms with van der Waals surface area (Å²) in [6.07, 6.45) is 5.25. The lowest BCUT2D eigenvalue weighted by Crippen LogP contribution is -2.42. The molecule has 1 unspecified atom stereocenters. The molecule has 1 aromatic heterocycles. The van der Waals surface area contributed by atoms with Crippen LogP contribution in [0.2, 0.25) is 0 Å². The van der Waals surface area contributed by atoms with Gasteiger partial charge in [-0.3, -0.25) is 19.5 Å². The SMILES string of the molecule is CCCCOc1ccc(/C(O)=C2\C(=O)C(=O)N(CCN3CCOCC3)C2c2ccncc2)cc1. The first-order valence-corrected chi connectivity index (χ1v) is 11.8. The van der Waals surface area contributed by atoms with Crippen LogP contribution < -0.4 is 4.74 Å². The Kier molecular flexibility index (Phi) is 7.92. The molecule has 8 heteroatoms. The molecule has 2 aromatic rings. The average molecular weight is 466 g/mol. The fraction of sp³-hybridized carbons (Fsp3) is 0.423. The molecule has 3 heterocycles. The minimum atomic E-state index is -0.676. The van der Waals surface area contributed by atoms with E-state index in [0.29, 0.717) is 44.2 Å². The number of nitrogens with zero attached hydrogens (tertiary/aromatic N) is 3. The van der Waals surface area contributed by atoms with Gasteiger partial charge >= 0.3 is 0 Å². The summed E-state index contributed by atoms with van der Waals surface area (Å²) in [4.78, 5) is 34.0. The Morgan fingerprint density at radius 3 is 2.47 bits per heavy atom. The van der Waals surface area contributed by atoms with Crippen LogP contribution in [0.25, 0.3) is 5.76 Å². The van der Waals surface area contributed by atoms with Gasteiger partial charge in [0.2, 0.25) is 0 Å². The van der Waals surface area contributed by atoms with E-state index < -0.39 is 17.7 Å². The van der Waals surface area contributed by atoms with Crippen LogP contribution in [0, 0.1) is 0 Å². The number of morpholine rings is 1. The molecule has 1 aromatic carbocycles. The van der Waals surface area contributed by atoms with Crippen LogP contribution in [-0.4, -0.2) is 77.6 Å². The van der Waals surface area contributed by atoms with E-state index in [1.54, 1.807) is 53.7 Å². The zero-order valence-corrected chi connectivity index (χ0v) is 19.5. The van der Waals surface area contributed by atoms with Crippen molar-refractivity contribution in [3.8, 4) is 5.75 Å². The van der Waals surface area contributed by atoms with Gasteiger partial charge in [0.15, 0.2) is 0 Å². The predicted octanol–water partition coefficient (Wildman–Crippen LogP) is 3.01. The number of hydrogen-bond acceptors (Lipinski definition) is 7. The number of amides is 1. The molecule has 1 atom stereocenters. The number of aromatic nitrogens is 1. The monoisotopic (exact) mass is 465 g/mol. The maximum atomic E-state index is 13.1. The van der Waals surface area contributed by atoms with Crippen LogP contribution in [0.3, 0.4) is 0 Å². The highest BCUT2D eigenvalue weighted by Crippen LogP contribution is 2.39. The highest BCUT2D eigenvalue weighted by molar-refractivity contribution is 6.46. The fourth-order valence-electron chi connectivity index (χ4n) is 4.28. The van der Waals surface area contributed by atoms with Gasteiger partial charge in [0.05, 0.1) is 31.4 Å². The summed E-state index contributed by atoms with van der Waals surface area (Å²) in [7, 11) is 0. The third-order valence-electron chi connectivity index (χ3n) is 6.22. The van der Waals surface area contributed by atoms with Crippen molar-refractivity contribution in [1.82, 2.24) is 14.8 Å². The van der Waals surface area contributed by atoms with Gasteiger partial charge in [-0.1, -0.05) is 13.3 Å². The number of unbranched alkanes of at least 4 members (excludes halogenated alkanes) is 1. The second-order valence-electron chi connectivity index (χ2n) is 8.45. The molecule has 1 N–H and O–H groups in total. The number of carbonyl (C=O) groups excluding carboxylic acids is 2. The Morgan fingerprint density at radius 1 is 1.09 bits per heavy atom. The molecule has 4 rings (SSSR count). The van der Waals surface area contributed by atoms with Crippen LogP contribution in [0.5, 0.6) is 5.75 Å². The lowest BCUT2D eigenvalue weighted by molar-refractivity contribution is -0.140. The Balaban J connectivity index is 1.63. The summed E-state index contributed by atoms with van der Waals surface area (Å²) in [6, 6.07) is 9.82. The number of benzene rings is 1. The molecule has 34 heavy (non-hydrogen) atoms. The third-order valence-corrected chi connectivity index (χ3v) is 6.22. The summed E-state index contributed by atoms with van der Waals surface area (Å²) in [5.74, 6) is -0.767. The number of carbonyl (C=O) groups is 2. The van der Waals surface area contributed by atoms with E-state index in [2.05, 4.69) is 16.8 Å². The van der Waals surface area contributed by atoms with Gasteiger partial charge in [0, 0.05) is 44.1 Å². The minimum absolute atomic E-state index is 0.0952. The first-order valence-electron chi connectivity index (χ1n) is 11.8. The largest absolute Gasteiger partial charge is 0.507 e. The van der Waals surface area contributed by atoms with Crippen LogP contribution in [0.1, 0.15) is 36.9 Å². The van der Waals surface area contributed by atoms with E-state index in [1.807, 2.05) is 0 Å². The number of ether oxygens (including phenoxy) is 2. The van der Waals surface area contributed by atoms with Gasteiger partial charge < -0.3 is 19.5 Å². The zero-order chi connectivity index (χ0) is 23.9. The number of aliphatic hydroxyl groups excluding tert-OH is 1. The normalized spacial score (nSPS) is 20.6. The number of likely N-dealkylation sites (tertiary alicyclic amines) is 1. The lowest BCUT2D eigenvalue weighted by Gasteiger charge is -2.30. The minimum Gasteiger partial charge on any atom is -0.507 e. The van der Waals surface area contributed by atoms with E-state index in [4.69, 9.17) is 9.47 Å². The quantitative estimate of drug-likeness (QED) is 0.263. The molecule has 0 radical (unpaired) electrons. The third kappa shape index (κ3) is 5.29. The molecule has 2 aliphatic rings. The number of pyridine rings is 1. The van der Waals surface area contributed by atoms with Crippen molar-refractivity contribution in [3.05, 3.63) is 65.5 Å². The van der Waals surface area contributed by atoms with Gasteiger partial charge in [-0.15, -0.1) is 0 Å². The topological polar surface area (TPSA) is 92.2 Å². The lowest BCUT2D eigenvalue weighted by atomic mass is 9.96. The van der Waals surface area contributed by atoms with Crippen molar-refractivity contribution in [2.75, 3.05) is 46.0 Å². The molecular formula is C26H31N3O5. The van der Waals surface area contributed by atoms with Crippen LogP contribution in [0.4, 0.5) is 0 Å². The number of hydrogen-bond donors (Lipinski definition) is 1. The first-order chi connectivity index (χ1) is 16.6. The van der Waals surface area contributed by atoms with Gasteiger partial charge in [-0.05, 0) is 48.4 Å². The molecule has 2 fully saturated rings. The van der Waals surface area contributed by atoms with Crippen LogP contribution in [0.15, 0.2) is 54.4 Å². The Bertz CT molecular complexity index is 1020. The van der Waals surface area contributed by atoms with E-state index in [-0.39, 0.29) is 11.3 Å². The average Bonchev–Trinajstić information content (AvgIpc) is 3.13. The fourth-order valence-corrected chi connectivity index (χ4v) is 4.28. The molecule has 1 amide bonds. The van der Waals surface area contributed by atoms with Gasteiger partial charge in [0.25, 0.3) is 11.7 Å². The number of ketones is 1. The smallest absolute Gasteiger partial charge is 0.295 e. The van der Waals surface area contributed by atoms with Crippen molar-refractivity contribution in [2.24, 2.45) is 0 Å². The van der Waals surface area contributed by atoms with Crippen molar-refractivity contribution < 1.29 is 24.2 Å². The molecule has 0 aliphatic carbocycles. The molecule has 0 spiro atoms. The standard InChI is InChI=1S/C26H31N3O5/c1-2-3-16-34-21-6-4-20(5-7-21)24(30)22-23(19-8-10-27-11-9-19)29(26(32)25(22)31)13-12-28-14-17-33-18-15-28/h4-11,23,30H,2-3,12-18H2,1H3/b24-22+. The summed E-state index contributed by atoms with van der Waals surface area (Å²) in [5, 5.41) is 11.2. The van der Waals surface area contributed by atoms with Crippen molar-refractivity contribution in [1.29, 1.82) is 0 Å². The van der Waals surface area contributed by atoms with Gasteiger partial charge in [-0.25, -0.2) is 0 Å². The van der Waals surface area contributed by atoms with Crippen LogP contribution in [-0.2, 0) is 14.3 Å². The second kappa shape index (κ2) is 11.3. The van der Waals surface area contributed by atoms with Crippen LogP contribution >= 0.6 is 0 Å². The number of Topliss-reactive ketones (excluding diaryl/α,β-unsaturated/α-hetero) is 1. The van der Waals surface area contributed by atoms with Gasteiger partial charge in [0.1, 0.15) is 11.5 Å². The molecule has 2 saturated heterocycles. The van der Waals surface area contributed by atoms with Crippen molar-refractivity contribution in [3.63, 3.8) is 0 Å². The number of aliphatic hydroxyl groups is 1. The molecule has 180 valence electrons. The van der Waals surface area contributed by atoms with E-state index >= 15 is 0 Å². The second-order valence-corrected chi connectivity index (χ2v) is 8.45. The highest BCUT2D eigenvalue weighted by Gasteiger charge is 2.46. The molecule has 2 aliphatic heterocycles. The predicted molar refractivity (Wildman–Crippen MR) is 127 cm³/mol. The summed E-state index contributed by atoms with van der Waals surface area (Å²) in [6.45, 7) is 6.61. The van der Waals surface area contributed by atoms with E-state index in [1.165, 1.54) is 0 Å². The maximum Gasteiger partial charge on any atom is 0.295 e. The summed E-state index contributed by atoms with van der Waals surface area (Å²) >= 11 is 0. The van der Waals surface area contributed by atoms with E-state index in [9.17, 15) is 14.7 Å². The zero-order valence-electron chi connectivity index (χ0n) is 19.5. The molecule has 0 bridgehead atoms.